The molecule has 0 saturated carbocycles. The van der Waals surface area contributed by atoms with Crippen LogP contribution < -0.4 is 5.73 Å². The molecule has 1 fully saturated rings. The Labute approximate surface area is 115 Å². The number of hydrogen-bond donors (Lipinski definition) is 2. The summed E-state index contributed by atoms with van der Waals surface area (Å²) in [7, 11) is 0. The van der Waals surface area contributed by atoms with Gasteiger partial charge in [0, 0.05) is 29.3 Å². The molecule has 1 atom stereocenters. The molecule has 1 amide bonds. The predicted octanol–water partition coefficient (Wildman–Crippen LogP) is 1.30. The molecule has 1 aliphatic rings. The lowest BCUT2D eigenvalue weighted by atomic mass is 10.1. The predicted molar refractivity (Wildman–Crippen MR) is 75.3 cm³/mol. The maximum absolute atomic E-state index is 12.4. The summed E-state index contributed by atoms with van der Waals surface area (Å²) < 4.78 is 0. The molecule has 102 valence electrons. The van der Waals surface area contributed by atoms with E-state index in [0.717, 1.165) is 5.75 Å². The Hall–Kier alpha value is -1.69. The van der Waals surface area contributed by atoms with E-state index in [1.54, 1.807) is 40.9 Å². The average Bonchev–Trinajstić information content (AvgIpc) is 2.39. The number of amides is 1. The van der Waals surface area contributed by atoms with Crippen LogP contribution in [0.25, 0.3) is 0 Å². The first-order chi connectivity index (χ1) is 9.08. The van der Waals surface area contributed by atoms with Gasteiger partial charge in [-0.15, -0.1) is 0 Å². The topological polar surface area (TPSA) is 83.6 Å². The third-order valence-corrected chi connectivity index (χ3v) is 4.15. The monoisotopic (exact) mass is 280 g/mol. The lowest BCUT2D eigenvalue weighted by molar-refractivity contribution is -0.138. The number of benzene rings is 1. The first-order valence-corrected chi connectivity index (χ1v) is 7.19. The summed E-state index contributed by atoms with van der Waals surface area (Å²) >= 11 is 1.69. The maximum Gasteiger partial charge on any atom is 0.305 e. The molecule has 0 radical (unpaired) electrons. The van der Waals surface area contributed by atoms with E-state index in [1.165, 1.54) is 0 Å². The van der Waals surface area contributed by atoms with Gasteiger partial charge in [-0.1, -0.05) is 0 Å². The molecular formula is C13H16N2O3S. The zero-order valence-electron chi connectivity index (χ0n) is 10.4. The largest absolute Gasteiger partial charge is 0.481 e. The molecule has 1 unspecified atom stereocenters. The summed E-state index contributed by atoms with van der Waals surface area (Å²) in [5.41, 5.74) is 6.75. The van der Waals surface area contributed by atoms with Crippen LogP contribution in [0, 0.1) is 0 Å². The molecule has 0 aliphatic carbocycles. The van der Waals surface area contributed by atoms with Crippen LogP contribution in [-0.2, 0) is 4.79 Å². The van der Waals surface area contributed by atoms with Crippen LogP contribution in [0.15, 0.2) is 24.3 Å². The number of thioether (sulfide) groups is 1. The maximum atomic E-state index is 12.4. The number of nitrogens with two attached hydrogens (primary N) is 1. The van der Waals surface area contributed by atoms with Crippen LogP contribution in [0.3, 0.4) is 0 Å². The number of carboxylic acid groups (broad SMARTS) is 1. The van der Waals surface area contributed by atoms with Crippen LogP contribution in [-0.4, -0.2) is 46.0 Å². The smallest absolute Gasteiger partial charge is 0.305 e. The molecule has 5 nitrogen and oxygen atoms in total. The average molecular weight is 280 g/mol. The van der Waals surface area contributed by atoms with Crippen molar-refractivity contribution in [2.24, 2.45) is 0 Å². The highest BCUT2D eigenvalue weighted by atomic mass is 32.2. The van der Waals surface area contributed by atoms with Crippen LogP contribution >= 0.6 is 11.8 Å². The number of nitrogen functional groups attached to an aromatic ring is 1. The number of carbonyl (C=O) groups excluding carboxylic acids is 1. The number of hydrogen-bond acceptors (Lipinski definition) is 4. The summed E-state index contributed by atoms with van der Waals surface area (Å²) in [6.07, 6.45) is -0.00624. The fourth-order valence-electron chi connectivity index (χ4n) is 2.08. The molecule has 1 saturated heterocycles. The van der Waals surface area contributed by atoms with E-state index in [-0.39, 0.29) is 18.4 Å². The molecule has 2 rings (SSSR count). The molecule has 1 heterocycles. The Morgan fingerprint density at radius 3 is 2.68 bits per heavy atom. The van der Waals surface area contributed by atoms with Crippen molar-refractivity contribution in [3.05, 3.63) is 29.8 Å². The third kappa shape index (κ3) is 3.41. The van der Waals surface area contributed by atoms with Crippen molar-refractivity contribution >= 4 is 29.3 Å². The van der Waals surface area contributed by atoms with Gasteiger partial charge < -0.3 is 15.7 Å². The molecule has 19 heavy (non-hydrogen) atoms. The summed E-state index contributed by atoms with van der Waals surface area (Å²) in [4.78, 5) is 24.9. The van der Waals surface area contributed by atoms with Crippen LogP contribution in [0.1, 0.15) is 16.8 Å². The Bertz CT molecular complexity index is 475. The van der Waals surface area contributed by atoms with E-state index in [0.29, 0.717) is 23.5 Å². The molecule has 1 aromatic carbocycles. The summed E-state index contributed by atoms with van der Waals surface area (Å²) in [6, 6.07) is 6.48. The Kier molecular flexibility index (Phi) is 4.31. The van der Waals surface area contributed by atoms with Gasteiger partial charge in [0.25, 0.3) is 5.91 Å². The molecule has 0 spiro atoms. The molecule has 1 aliphatic heterocycles. The van der Waals surface area contributed by atoms with Crippen molar-refractivity contribution < 1.29 is 14.7 Å². The van der Waals surface area contributed by atoms with Gasteiger partial charge in [0.2, 0.25) is 0 Å². The second-order valence-corrected chi connectivity index (χ2v) is 5.60. The van der Waals surface area contributed by atoms with Crippen molar-refractivity contribution in [3.8, 4) is 0 Å². The van der Waals surface area contributed by atoms with Gasteiger partial charge in [0.1, 0.15) is 0 Å². The summed E-state index contributed by atoms with van der Waals surface area (Å²) in [6.45, 7) is 0.589. The standard InChI is InChI=1S/C13H16N2O3S/c14-10-3-1-9(2-4-10)13(18)15-5-6-19-8-11(15)7-12(16)17/h1-4,11H,5-8,14H2,(H,16,17). The molecule has 0 bridgehead atoms. The highest BCUT2D eigenvalue weighted by molar-refractivity contribution is 7.99. The van der Waals surface area contributed by atoms with Crippen molar-refractivity contribution in [2.75, 3.05) is 23.8 Å². The minimum absolute atomic E-state index is 0.00624. The van der Waals surface area contributed by atoms with E-state index in [4.69, 9.17) is 10.8 Å². The van der Waals surface area contributed by atoms with Crippen LogP contribution in [0.5, 0.6) is 0 Å². The molecule has 6 heteroatoms. The Morgan fingerprint density at radius 2 is 2.05 bits per heavy atom. The zero-order valence-corrected chi connectivity index (χ0v) is 11.2. The summed E-state index contributed by atoms with van der Waals surface area (Å²) in [5.74, 6) is 0.526. The van der Waals surface area contributed by atoms with Crippen molar-refractivity contribution in [1.29, 1.82) is 0 Å². The van der Waals surface area contributed by atoms with E-state index in [1.807, 2.05) is 0 Å². The van der Waals surface area contributed by atoms with Gasteiger partial charge in [-0.3, -0.25) is 9.59 Å². The van der Waals surface area contributed by atoms with Gasteiger partial charge in [-0.25, -0.2) is 0 Å². The molecule has 3 N–H and O–H groups in total. The quantitative estimate of drug-likeness (QED) is 0.815. The molecular weight excluding hydrogens is 264 g/mol. The van der Waals surface area contributed by atoms with Crippen molar-refractivity contribution in [3.63, 3.8) is 0 Å². The number of anilines is 1. The number of rotatable bonds is 3. The highest BCUT2D eigenvalue weighted by Crippen LogP contribution is 2.21. The molecule has 0 aromatic heterocycles. The lowest BCUT2D eigenvalue weighted by Gasteiger charge is -2.34. The SMILES string of the molecule is Nc1ccc(C(=O)N2CCSCC2CC(=O)O)cc1. The zero-order chi connectivity index (χ0) is 13.8. The second-order valence-electron chi connectivity index (χ2n) is 4.45. The number of carbonyl (C=O) groups is 2. The molecule has 1 aromatic rings. The van der Waals surface area contributed by atoms with Crippen molar-refractivity contribution in [2.45, 2.75) is 12.5 Å². The first kappa shape index (κ1) is 13.7. The minimum Gasteiger partial charge on any atom is -0.481 e. The Balaban J connectivity index is 2.15. The number of nitrogens with zero attached hydrogens (tertiary/aromatic N) is 1. The Morgan fingerprint density at radius 1 is 1.37 bits per heavy atom. The van der Waals surface area contributed by atoms with E-state index >= 15 is 0 Å². The van der Waals surface area contributed by atoms with Gasteiger partial charge >= 0.3 is 5.97 Å². The fourth-order valence-corrected chi connectivity index (χ4v) is 3.15. The number of carboxylic acids is 1. The van der Waals surface area contributed by atoms with Crippen LogP contribution in [0.4, 0.5) is 5.69 Å². The van der Waals surface area contributed by atoms with Gasteiger partial charge in [-0.2, -0.15) is 11.8 Å². The lowest BCUT2D eigenvalue weighted by Crippen LogP contribution is -2.47. The van der Waals surface area contributed by atoms with Gasteiger partial charge in [-0.05, 0) is 24.3 Å². The third-order valence-electron chi connectivity index (χ3n) is 3.06. The second kappa shape index (κ2) is 5.97. The fraction of sp³-hybridized carbons (Fsp3) is 0.385. The first-order valence-electron chi connectivity index (χ1n) is 6.04. The van der Waals surface area contributed by atoms with E-state index in [9.17, 15) is 9.59 Å². The van der Waals surface area contributed by atoms with Crippen LogP contribution in [0.2, 0.25) is 0 Å². The van der Waals surface area contributed by atoms with E-state index in [2.05, 4.69) is 0 Å². The van der Waals surface area contributed by atoms with Gasteiger partial charge in [0.05, 0.1) is 12.5 Å². The number of aliphatic carboxylic acids is 1. The minimum atomic E-state index is -0.873. The van der Waals surface area contributed by atoms with Crippen molar-refractivity contribution in [1.82, 2.24) is 4.90 Å². The highest BCUT2D eigenvalue weighted by Gasteiger charge is 2.29. The normalized spacial score (nSPS) is 19.2. The summed E-state index contributed by atoms with van der Waals surface area (Å²) in [5, 5.41) is 8.91. The van der Waals surface area contributed by atoms with Gasteiger partial charge in [0.15, 0.2) is 0 Å². The van der Waals surface area contributed by atoms with E-state index < -0.39 is 5.97 Å².